The number of amides is 1. The zero-order chi connectivity index (χ0) is 17.2. The van der Waals surface area contributed by atoms with Crippen LogP contribution in [0.4, 0.5) is 0 Å². The van der Waals surface area contributed by atoms with Crippen molar-refractivity contribution in [2.75, 3.05) is 13.2 Å². The van der Waals surface area contributed by atoms with E-state index in [1.165, 1.54) is 11.0 Å². The van der Waals surface area contributed by atoms with Crippen molar-refractivity contribution in [3.8, 4) is 0 Å². The van der Waals surface area contributed by atoms with E-state index in [1.54, 1.807) is 19.4 Å². The van der Waals surface area contributed by atoms with Gasteiger partial charge in [-0.15, -0.1) is 5.10 Å². The lowest BCUT2D eigenvalue weighted by atomic mass is 10.0. The standard InChI is InChI=1S/C17H21N5O3/c1-21-11-19-16(20-21)17(23)22-9-14(15-13(22)5-3-7-24-15)25-10-12-4-2-6-18-8-12/h2,4,6,8,11,13-15H,3,5,7,9-10H2,1H3/t13-,14+,15+/m1/s1. The monoisotopic (exact) mass is 343 g/mol. The van der Waals surface area contributed by atoms with Crippen molar-refractivity contribution in [1.29, 1.82) is 0 Å². The van der Waals surface area contributed by atoms with Crippen LogP contribution >= 0.6 is 0 Å². The number of hydrogen-bond donors (Lipinski definition) is 0. The van der Waals surface area contributed by atoms with Gasteiger partial charge in [0.15, 0.2) is 0 Å². The largest absolute Gasteiger partial charge is 0.373 e. The summed E-state index contributed by atoms with van der Waals surface area (Å²) >= 11 is 0. The van der Waals surface area contributed by atoms with Gasteiger partial charge < -0.3 is 14.4 Å². The molecular weight excluding hydrogens is 322 g/mol. The third kappa shape index (κ3) is 3.27. The molecule has 0 bridgehead atoms. The number of hydrogen-bond acceptors (Lipinski definition) is 6. The lowest BCUT2D eigenvalue weighted by Gasteiger charge is -2.31. The molecule has 3 atom stereocenters. The van der Waals surface area contributed by atoms with E-state index in [0.29, 0.717) is 19.8 Å². The minimum Gasteiger partial charge on any atom is -0.373 e. The van der Waals surface area contributed by atoms with Crippen molar-refractivity contribution in [2.24, 2.45) is 7.05 Å². The molecule has 0 aliphatic carbocycles. The maximum atomic E-state index is 12.8. The van der Waals surface area contributed by atoms with E-state index in [-0.39, 0.29) is 30.0 Å². The zero-order valence-electron chi connectivity index (χ0n) is 14.1. The van der Waals surface area contributed by atoms with Crippen molar-refractivity contribution in [1.82, 2.24) is 24.6 Å². The molecule has 25 heavy (non-hydrogen) atoms. The third-order valence-corrected chi connectivity index (χ3v) is 4.72. The number of aromatic nitrogens is 4. The van der Waals surface area contributed by atoms with E-state index >= 15 is 0 Å². The quantitative estimate of drug-likeness (QED) is 0.817. The highest BCUT2D eigenvalue weighted by atomic mass is 16.5. The molecule has 2 aromatic heterocycles. The van der Waals surface area contributed by atoms with Gasteiger partial charge in [0.25, 0.3) is 5.91 Å². The second kappa shape index (κ2) is 6.89. The summed E-state index contributed by atoms with van der Waals surface area (Å²) < 4.78 is 13.6. The number of ether oxygens (including phenoxy) is 2. The van der Waals surface area contributed by atoms with Crippen LogP contribution in [0.3, 0.4) is 0 Å². The summed E-state index contributed by atoms with van der Waals surface area (Å²) in [5.74, 6) is 0.0633. The van der Waals surface area contributed by atoms with Gasteiger partial charge in [-0.1, -0.05) is 6.07 Å². The Bertz CT molecular complexity index is 735. The Kier molecular flexibility index (Phi) is 4.46. The Morgan fingerprint density at radius 3 is 3.16 bits per heavy atom. The summed E-state index contributed by atoms with van der Waals surface area (Å²) in [4.78, 5) is 22.8. The van der Waals surface area contributed by atoms with Gasteiger partial charge in [0.2, 0.25) is 5.82 Å². The predicted molar refractivity (Wildman–Crippen MR) is 87.6 cm³/mol. The first-order chi connectivity index (χ1) is 12.2. The van der Waals surface area contributed by atoms with Crippen molar-refractivity contribution < 1.29 is 14.3 Å². The van der Waals surface area contributed by atoms with Crippen molar-refractivity contribution >= 4 is 5.91 Å². The Hall–Kier alpha value is -2.32. The van der Waals surface area contributed by atoms with Crippen LogP contribution in [0.2, 0.25) is 0 Å². The molecule has 2 saturated heterocycles. The van der Waals surface area contributed by atoms with Crippen LogP contribution in [0.1, 0.15) is 29.0 Å². The Labute approximate surface area is 145 Å². The molecule has 0 saturated carbocycles. The predicted octanol–water partition coefficient (Wildman–Crippen LogP) is 0.799. The Morgan fingerprint density at radius 2 is 2.40 bits per heavy atom. The van der Waals surface area contributed by atoms with Gasteiger partial charge in [-0.3, -0.25) is 14.5 Å². The molecule has 8 nitrogen and oxygen atoms in total. The van der Waals surface area contributed by atoms with Crippen molar-refractivity contribution in [3.05, 3.63) is 42.2 Å². The molecule has 2 aliphatic rings. The molecule has 2 aliphatic heterocycles. The topological polar surface area (TPSA) is 82.4 Å². The summed E-state index contributed by atoms with van der Waals surface area (Å²) in [6, 6.07) is 3.88. The fourth-order valence-corrected chi connectivity index (χ4v) is 3.54. The van der Waals surface area contributed by atoms with Gasteiger partial charge in [-0.25, -0.2) is 4.98 Å². The fraction of sp³-hybridized carbons (Fsp3) is 0.529. The van der Waals surface area contributed by atoms with Crippen LogP contribution in [0.5, 0.6) is 0 Å². The summed E-state index contributed by atoms with van der Waals surface area (Å²) in [6.07, 6.45) is 6.66. The highest BCUT2D eigenvalue weighted by Crippen LogP contribution is 2.31. The van der Waals surface area contributed by atoms with E-state index in [9.17, 15) is 4.79 Å². The van der Waals surface area contributed by atoms with Crippen LogP contribution in [-0.4, -0.2) is 62.0 Å². The van der Waals surface area contributed by atoms with Gasteiger partial charge >= 0.3 is 0 Å². The maximum Gasteiger partial charge on any atom is 0.293 e. The molecule has 0 unspecified atom stereocenters. The van der Waals surface area contributed by atoms with Gasteiger partial charge in [0, 0.05) is 26.0 Å². The molecule has 0 spiro atoms. The molecule has 2 fully saturated rings. The lowest BCUT2D eigenvalue weighted by Crippen LogP contribution is -2.44. The van der Waals surface area contributed by atoms with Crippen LogP contribution in [0, 0.1) is 0 Å². The average Bonchev–Trinajstić information content (AvgIpc) is 3.24. The summed E-state index contributed by atoms with van der Waals surface area (Å²) in [5, 5.41) is 4.14. The van der Waals surface area contributed by atoms with Gasteiger partial charge in [0.05, 0.1) is 19.2 Å². The molecule has 132 valence electrons. The first kappa shape index (κ1) is 16.2. The SMILES string of the molecule is Cn1cnc(C(=O)N2C[C@H](OCc3cccnc3)[C@H]3OCCC[C@H]32)n1. The number of carbonyl (C=O) groups excluding carboxylic acids is 1. The van der Waals surface area contributed by atoms with Crippen LogP contribution in [-0.2, 0) is 23.1 Å². The first-order valence-corrected chi connectivity index (χ1v) is 8.51. The first-order valence-electron chi connectivity index (χ1n) is 8.51. The molecule has 2 aromatic rings. The second-order valence-electron chi connectivity index (χ2n) is 6.46. The number of nitrogens with zero attached hydrogens (tertiary/aromatic N) is 5. The average molecular weight is 343 g/mol. The molecule has 4 rings (SSSR count). The van der Waals surface area contributed by atoms with Crippen molar-refractivity contribution in [2.45, 2.75) is 37.7 Å². The van der Waals surface area contributed by atoms with Gasteiger partial charge in [-0.2, -0.15) is 0 Å². The van der Waals surface area contributed by atoms with E-state index in [0.717, 1.165) is 18.4 Å². The van der Waals surface area contributed by atoms with E-state index in [1.807, 2.05) is 17.0 Å². The highest BCUT2D eigenvalue weighted by molar-refractivity contribution is 5.91. The Balaban J connectivity index is 1.48. The molecule has 0 N–H and O–H groups in total. The normalized spacial score (nSPS) is 25.8. The number of rotatable bonds is 4. The fourth-order valence-electron chi connectivity index (χ4n) is 3.54. The van der Waals surface area contributed by atoms with E-state index < -0.39 is 0 Å². The van der Waals surface area contributed by atoms with Crippen molar-refractivity contribution in [3.63, 3.8) is 0 Å². The van der Waals surface area contributed by atoms with Crippen LogP contribution < -0.4 is 0 Å². The Morgan fingerprint density at radius 1 is 1.48 bits per heavy atom. The van der Waals surface area contributed by atoms with Crippen LogP contribution in [0.15, 0.2) is 30.9 Å². The molecule has 0 radical (unpaired) electrons. The lowest BCUT2D eigenvalue weighted by molar-refractivity contribution is -0.0810. The number of fused-ring (bicyclic) bond motifs is 1. The molecule has 0 aromatic carbocycles. The summed E-state index contributed by atoms with van der Waals surface area (Å²) in [7, 11) is 1.75. The zero-order valence-corrected chi connectivity index (χ0v) is 14.1. The highest BCUT2D eigenvalue weighted by Gasteiger charge is 2.47. The number of aryl methyl sites for hydroxylation is 1. The number of pyridine rings is 1. The smallest absolute Gasteiger partial charge is 0.293 e. The van der Waals surface area contributed by atoms with E-state index in [2.05, 4.69) is 15.1 Å². The van der Waals surface area contributed by atoms with E-state index in [4.69, 9.17) is 9.47 Å². The summed E-state index contributed by atoms with van der Waals surface area (Å²) in [5.41, 5.74) is 1.01. The minimum atomic E-state index is -0.159. The second-order valence-corrected chi connectivity index (χ2v) is 6.46. The maximum absolute atomic E-state index is 12.8. The van der Waals surface area contributed by atoms with Crippen LogP contribution in [0.25, 0.3) is 0 Å². The molecule has 4 heterocycles. The summed E-state index contributed by atoms with van der Waals surface area (Å²) in [6.45, 7) is 1.65. The minimum absolute atomic E-state index is 0.0176. The van der Waals surface area contributed by atoms with Gasteiger partial charge in [0.1, 0.15) is 18.5 Å². The third-order valence-electron chi connectivity index (χ3n) is 4.72. The molecule has 1 amide bonds. The molecular formula is C17H21N5O3. The van der Waals surface area contributed by atoms with Gasteiger partial charge in [-0.05, 0) is 24.5 Å². The molecule has 8 heteroatoms. The number of likely N-dealkylation sites (tertiary alicyclic amines) is 1. The number of carbonyl (C=O) groups is 1.